The van der Waals surface area contributed by atoms with Gasteiger partial charge < -0.3 is 10.6 Å². The Morgan fingerprint density at radius 1 is 1.25 bits per heavy atom. The Morgan fingerprint density at radius 2 is 1.88 bits per heavy atom. The molecule has 6 heteroatoms. The van der Waals surface area contributed by atoms with Gasteiger partial charge >= 0.3 is 6.03 Å². The van der Waals surface area contributed by atoms with Crippen LogP contribution < -0.4 is 16.1 Å². The van der Waals surface area contributed by atoms with Gasteiger partial charge in [-0.1, -0.05) is 17.7 Å². The molecule has 0 unspecified atom stereocenters. The molecular formula is C10H13N3O3. The van der Waals surface area contributed by atoms with Gasteiger partial charge in [0.1, 0.15) is 6.54 Å². The zero-order chi connectivity index (χ0) is 12.0. The van der Waals surface area contributed by atoms with Gasteiger partial charge in [0, 0.05) is 5.69 Å². The van der Waals surface area contributed by atoms with Crippen LogP contribution in [-0.2, 0) is 4.79 Å². The van der Waals surface area contributed by atoms with Crippen molar-refractivity contribution in [2.24, 2.45) is 0 Å². The highest BCUT2D eigenvalue weighted by Gasteiger charge is 2.03. The lowest BCUT2D eigenvalue weighted by Gasteiger charge is -2.06. The van der Waals surface area contributed by atoms with Crippen LogP contribution in [0.1, 0.15) is 5.56 Å². The predicted molar refractivity (Wildman–Crippen MR) is 58.1 cm³/mol. The van der Waals surface area contributed by atoms with Crippen LogP contribution in [0.25, 0.3) is 0 Å². The molecule has 0 aliphatic rings. The van der Waals surface area contributed by atoms with Crippen LogP contribution in [0.5, 0.6) is 0 Å². The average molecular weight is 223 g/mol. The molecule has 1 rings (SSSR count). The minimum absolute atomic E-state index is 0.284. The van der Waals surface area contributed by atoms with E-state index in [9.17, 15) is 9.59 Å². The zero-order valence-electron chi connectivity index (χ0n) is 8.78. The van der Waals surface area contributed by atoms with Crippen LogP contribution in [0.15, 0.2) is 24.3 Å². The first-order valence-electron chi connectivity index (χ1n) is 4.66. The lowest BCUT2D eigenvalue weighted by Crippen LogP contribution is -2.37. The van der Waals surface area contributed by atoms with Crippen LogP contribution in [0.4, 0.5) is 10.5 Å². The monoisotopic (exact) mass is 223 g/mol. The number of carbonyl (C=O) groups excluding carboxylic acids is 2. The zero-order valence-corrected chi connectivity index (χ0v) is 8.78. The van der Waals surface area contributed by atoms with Gasteiger partial charge in [0.2, 0.25) is 0 Å². The van der Waals surface area contributed by atoms with Crippen molar-refractivity contribution in [2.45, 2.75) is 6.92 Å². The largest absolute Gasteiger partial charge is 0.329 e. The second-order valence-corrected chi connectivity index (χ2v) is 3.21. The van der Waals surface area contributed by atoms with Crippen molar-refractivity contribution < 1.29 is 14.8 Å². The Kier molecular flexibility index (Phi) is 4.28. The summed E-state index contributed by atoms with van der Waals surface area (Å²) < 4.78 is 0. The molecule has 16 heavy (non-hydrogen) atoms. The van der Waals surface area contributed by atoms with E-state index in [1.165, 1.54) is 5.48 Å². The van der Waals surface area contributed by atoms with Gasteiger partial charge in [-0.25, -0.2) is 10.3 Å². The normalized spacial score (nSPS) is 9.38. The van der Waals surface area contributed by atoms with Crippen molar-refractivity contribution in [1.82, 2.24) is 10.8 Å². The lowest BCUT2D eigenvalue weighted by molar-refractivity contribution is -0.128. The molecule has 0 spiro atoms. The summed E-state index contributed by atoms with van der Waals surface area (Å²) in [5.74, 6) is -0.681. The summed E-state index contributed by atoms with van der Waals surface area (Å²) >= 11 is 0. The number of urea groups is 1. The molecule has 0 aliphatic heterocycles. The number of anilines is 1. The number of hydroxylamine groups is 1. The summed E-state index contributed by atoms with van der Waals surface area (Å²) in [6, 6.07) is 6.71. The van der Waals surface area contributed by atoms with Gasteiger partial charge in [-0.05, 0) is 19.1 Å². The van der Waals surface area contributed by atoms with Gasteiger partial charge in [0.25, 0.3) is 5.91 Å². The van der Waals surface area contributed by atoms with Gasteiger partial charge in [-0.2, -0.15) is 0 Å². The lowest BCUT2D eigenvalue weighted by atomic mass is 10.2. The third-order valence-corrected chi connectivity index (χ3v) is 1.84. The highest BCUT2D eigenvalue weighted by Crippen LogP contribution is 2.07. The Balaban J connectivity index is 2.40. The quantitative estimate of drug-likeness (QED) is 0.447. The molecule has 0 fully saturated rings. The molecule has 0 heterocycles. The number of hydrogen-bond donors (Lipinski definition) is 4. The second kappa shape index (κ2) is 5.72. The molecule has 6 nitrogen and oxygen atoms in total. The topological polar surface area (TPSA) is 90.5 Å². The second-order valence-electron chi connectivity index (χ2n) is 3.21. The number of aryl methyl sites for hydroxylation is 1. The molecule has 86 valence electrons. The fourth-order valence-electron chi connectivity index (χ4n) is 1.01. The number of carbonyl (C=O) groups is 2. The minimum Gasteiger partial charge on any atom is -0.329 e. The third-order valence-electron chi connectivity index (χ3n) is 1.84. The maximum Gasteiger partial charge on any atom is 0.319 e. The SMILES string of the molecule is Cc1ccc(NC(=O)NCC(=O)NO)cc1. The fraction of sp³-hybridized carbons (Fsp3) is 0.200. The van der Waals surface area contributed by atoms with Crippen molar-refractivity contribution in [2.75, 3.05) is 11.9 Å². The number of rotatable bonds is 3. The smallest absolute Gasteiger partial charge is 0.319 e. The van der Waals surface area contributed by atoms with E-state index in [4.69, 9.17) is 5.21 Å². The number of amides is 3. The molecule has 0 atom stereocenters. The first kappa shape index (κ1) is 12.0. The van der Waals surface area contributed by atoms with E-state index in [0.717, 1.165) is 5.56 Å². The Labute approximate surface area is 92.6 Å². The van der Waals surface area contributed by atoms with Crippen molar-refractivity contribution >= 4 is 17.6 Å². The molecule has 4 N–H and O–H groups in total. The summed E-state index contributed by atoms with van der Waals surface area (Å²) in [5.41, 5.74) is 3.13. The van der Waals surface area contributed by atoms with Crippen LogP contribution in [-0.4, -0.2) is 23.7 Å². The van der Waals surface area contributed by atoms with E-state index >= 15 is 0 Å². The first-order chi connectivity index (χ1) is 7.61. The number of nitrogens with one attached hydrogen (secondary N) is 3. The summed E-state index contributed by atoms with van der Waals surface area (Å²) in [6.07, 6.45) is 0. The molecule has 1 aromatic rings. The maximum atomic E-state index is 11.2. The van der Waals surface area contributed by atoms with E-state index in [2.05, 4.69) is 10.6 Å². The van der Waals surface area contributed by atoms with E-state index in [-0.39, 0.29) is 6.54 Å². The molecule has 0 aromatic heterocycles. The van der Waals surface area contributed by atoms with Gasteiger partial charge in [-0.15, -0.1) is 0 Å². The van der Waals surface area contributed by atoms with E-state index in [1.807, 2.05) is 19.1 Å². The maximum absolute atomic E-state index is 11.2. The molecule has 0 saturated heterocycles. The van der Waals surface area contributed by atoms with E-state index in [1.54, 1.807) is 12.1 Å². The Bertz CT molecular complexity index is 375. The van der Waals surface area contributed by atoms with Crippen LogP contribution in [0.2, 0.25) is 0 Å². The summed E-state index contributed by atoms with van der Waals surface area (Å²) in [5, 5.41) is 13.0. The number of hydrogen-bond acceptors (Lipinski definition) is 3. The van der Waals surface area contributed by atoms with Crippen LogP contribution >= 0.6 is 0 Å². The Morgan fingerprint density at radius 3 is 2.44 bits per heavy atom. The van der Waals surface area contributed by atoms with Crippen molar-refractivity contribution in [3.05, 3.63) is 29.8 Å². The molecule has 0 aliphatic carbocycles. The van der Waals surface area contributed by atoms with Crippen molar-refractivity contribution in [3.63, 3.8) is 0 Å². The third kappa shape index (κ3) is 3.97. The first-order valence-corrected chi connectivity index (χ1v) is 4.66. The fourth-order valence-corrected chi connectivity index (χ4v) is 1.01. The number of benzene rings is 1. The standard InChI is InChI=1S/C10H13N3O3/c1-7-2-4-8(5-3-7)12-10(15)11-6-9(14)13-16/h2-5,16H,6H2,1H3,(H,13,14)(H2,11,12,15). The molecular weight excluding hydrogens is 210 g/mol. The molecule has 0 bridgehead atoms. The molecule has 3 amide bonds. The Hall–Kier alpha value is -2.08. The van der Waals surface area contributed by atoms with Crippen LogP contribution in [0.3, 0.4) is 0 Å². The van der Waals surface area contributed by atoms with Gasteiger partial charge in [-0.3, -0.25) is 10.0 Å². The minimum atomic E-state index is -0.681. The van der Waals surface area contributed by atoms with Gasteiger partial charge in [0.15, 0.2) is 0 Å². The summed E-state index contributed by atoms with van der Waals surface area (Å²) in [6.45, 7) is 1.66. The highest BCUT2D eigenvalue weighted by atomic mass is 16.5. The van der Waals surface area contributed by atoms with Crippen LogP contribution in [0, 0.1) is 6.92 Å². The summed E-state index contributed by atoms with van der Waals surface area (Å²) in [7, 11) is 0. The highest BCUT2D eigenvalue weighted by molar-refractivity contribution is 5.92. The predicted octanol–water partition coefficient (Wildman–Crippen LogP) is 0.622. The van der Waals surface area contributed by atoms with Crippen molar-refractivity contribution in [3.8, 4) is 0 Å². The summed E-state index contributed by atoms with van der Waals surface area (Å²) in [4.78, 5) is 21.8. The van der Waals surface area contributed by atoms with E-state index in [0.29, 0.717) is 5.69 Å². The molecule has 1 aromatic carbocycles. The van der Waals surface area contributed by atoms with Gasteiger partial charge in [0.05, 0.1) is 0 Å². The molecule has 0 saturated carbocycles. The molecule has 0 radical (unpaired) electrons. The average Bonchev–Trinajstić information content (AvgIpc) is 2.29. The van der Waals surface area contributed by atoms with E-state index < -0.39 is 11.9 Å². The van der Waals surface area contributed by atoms with Crippen molar-refractivity contribution in [1.29, 1.82) is 0 Å².